The first-order chi connectivity index (χ1) is 6.28. The number of hydrogen-bond donors (Lipinski definition) is 4. The lowest BCUT2D eigenvalue weighted by Gasteiger charge is -2.31. The molecule has 0 saturated carbocycles. The number of hydrogen-bond acceptors (Lipinski definition) is 8. The lowest BCUT2D eigenvalue weighted by Crippen LogP contribution is -2.42. The molecule has 0 heterocycles. The predicted octanol–water partition coefficient (Wildman–Crippen LogP) is -4.09. The summed E-state index contributed by atoms with van der Waals surface area (Å²) in [5.41, 5.74) is 0. The number of rotatable bonds is 6. The summed E-state index contributed by atoms with van der Waals surface area (Å²) >= 11 is 0. The second-order valence-corrected chi connectivity index (χ2v) is 3.70. The molecule has 0 spiro atoms. The normalized spacial score (nSPS) is 19.0. The van der Waals surface area contributed by atoms with E-state index in [1.54, 1.807) is 0 Å². The van der Waals surface area contributed by atoms with Crippen LogP contribution >= 0.6 is 7.82 Å². The summed E-state index contributed by atoms with van der Waals surface area (Å²) in [6.45, 7) is -1.78. The van der Waals surface area contributed by atoms with Gasteiger partial charge < -0.3 is 39.3 Å². The van der Waals surface area contributed by atoms with E-state index in [2.05, 4.69) is 4.52 Å². The maximum atomic E-state index is 9.94. The first-order valence-electron chi connectivity index (χ1n) is 3.59. The molecular formula is C5H11O8P-2. The highest BCUT2D eigenvalue weighted by molar-refractivity contribution is 7.43. The third-order valence-electron chi connectivity index (χ3n) is 1.38. The fraction of sp³-hybridized carbons (Fsp3) is 1.00. The molecule has 8 nitrogen and oxygen atoms in total. The van der Waals surface area contributed by atoms with Crippen LogP contribution in [0.4, 0.5) is 0 Å². The van der Waals surface area contributed by atoms with E-state index in [0.717, 1.165) is 0 Å². The van der Waals surface area contributed by atoms with Crippen molar-refractivity contribution in [3.8, 4) is 0 Å². The van der Waals surface area contributed by atoms with E-state index in [9.17, 15) is 14.4 Å². The molecule has 4 N–H and O–H groups in total. The molecule has 0 amide bonds. The van der Waals surface area contributed by atoms with Gasteiger partial charge in [-0.05, 0) is 0 Å². The van der Waals surface area contributed by atoms with Gasteiger partial charge in [0.15, 0.2) is 0 Å². The van der Waals surface area contributed by atoms with E-state index in [-0.39, 0.29) is 0 Å². The topological polar surface area (TPSA) is 153 Å². The zero-order valence-corrected chi connectivity index (χ0v) is 7.91. The minimum absolute atomic E-state index is 0.815. The molecule has 0 rings (SSSR count). The van der Waals surface area contributed by atoms with Gasteiger partial charge in [-0.3, -0.25) is 0 Å². The molecule has 0 aliphatic heterocycles. The molecule has 0 aromatic rings. The zero-order chi connectivity index (χ0) is 11.4. The lowest BCUT2D eigenvalue weighted by atomic mass is 10.1. The minimum Gasteiger partial charge on any atom is -0.790 e. The summed E-state index contributed by atoms with van der Waals surface area (Å²) < 4.78 is 13.6. The minimum atomic E-state index is -5.21. The fourth-order valence-corrected chi connectivity index (χ4v) is 0.966. The van der Waals surface area contributed by atoms with Crippen LogP contribution in [-0.2, 0) is 9.09 Å². The number of phosphoric ester groups is 1. The standard InChI is InChI=1S/C5H13O8P/c6-1-3(7)5(9)4(8)2-13-14(10,11)12/h3-9H,1-2H2,(H2,10,11,12)/p-2/t3-,4-,5+/m1/s1. The Labute approximate surface area is 79.6 Å². The predicted molar refractivity (Wildman–Crippen MR) is 38.7 cm³/mol. The molecule has 0 aromatic carbocycles. The Morgan fingerprint density at radius 3 is 2.07 bits per heavy atom. The van der Waals surface area contributed by atoms with E-state index in [1.165, 1.54) is 0 Å². The molecule has 0 bridgehead atoms. The third kappa shape index (κ3) is 5.63. The molecule has 0 saturated heterocycles. The highest BCUT2D eigenvalue weighted by atomic mass is 31.2. The summed E-state index contributed by atoms with van der Waals surface area (Å²) in [4.78, 5) is 19.9. The Morgan fingerprint density at radius 1 is 1.21 bits per heavy atom. The van der Waals surface area contributed by atoms with Crippen LogP contribution in [0.5, 0.6) is 0 Å². The van der Waals surface area contributed by atoms with Crippen molar-refractivity contribution in [3.05, 3.63) is 0 Å². The quantitative estimate of drug-likeness (QED) is 0.336. The van der Waals surface area contributed by atoms with Gasteiger partial charge in [-0.15, -0.1) is 0 Å². The van der Waals surface area contributed by atoms with Crippen LogP contribution in [0.15, 0.2) is 0 Å². The van der Waals surface area contributed by atoms with Gasteiger partial charge >= 0.3 is 0 Å². The Kier molecular flexibility index (Phi) is 5.72. The summed E-state index contributed by atoms with van der Waals surface area (Å²) in [6.07, 6.45) is -5.19. The maximum absolute atomic E-state index is 9.94. The van der Waals surface area contributed by atoms with Crippen LogP contribution in [0.3, 0.4) is 0 Å². The zero-order valence-electron chi connectivity index (χ0n) is 7.02. The molecule has 0 aliphatic carbocycles. The van der Waals surface area contributed by atoms with Crippen molar-refractivity contribution < 1.29 is 39.3 Å². The molecule has 0 unspecified atom stereocenters. The third-order valence-corrected chi connectivity index (χ3v) is 1.84. The number of phosphoric acid groups is 1. The van der Waals surface area contributed by atoms with Crippen LogP contribution in [0.1, 0.15) is 0 Å². The first kappa shape index (κ1) is 13.9. The van der Waals surface area contributed by atoms with Gasteiger partial charge in [-0.1, -0.05) is 0 Å². The molecule has 3 atom stereocenters. The molecule has 0 fully saturated rings. The Morgan fingerprint density at radius 2 is 1.71 bits per heavy atom. The highest BCUT2D eigenvalue weighted by Crippen LogP contribution is 2.24. The summed E-state index contributed by atoms with van der Waals surface area (Å²) in [5, 5.41) is 35.0. The van der Waals surface area contributed by atoms with Gasteiger partial charge in [0.05, 0.1) is 21.0 Å². The van der Waals surface area contributed by atoms with E-state index >= 15 is 0 Å². The van der Waals surface area contributed by atoms with Crippen LogP contribution in [0, 0.1) is 0 Å². The maximum Gasteiger partial charge on any atom is 0.110 e. The van der Waals surface area contributed by atoms with E-state index in [1.807, 2.05) is 0 Å². The first-order valence-corrected chi connectivity index (χ1v) is 5.05. The SMILES string of the molecule is O=P([O-])([O-])OC[C@@H](O)[C@@H](O)[C@H](O)CO. The van der Waals surface area contributed by atoms with Crippen LogP contribution in [0.2, 0.25) is 0 Å². The van der Waals surface area contributed by atoms with Gasteiger partial charge in [-0.25, -0.2) is 0 Å². The molecule has 0 aromatic heterocycles. The lowest BCUT2D eigenvalue weighted by molar-refractivity contribution is -0.343. The van der Waals surface area contributed by atoms with E-state index in [0.29, 0.717) is 0 Å². The number of aliphatic hydroxyl groups is 4. The van der Waals surface area contributed by atoms with Crippen molar-refractivity contribution in [1.82, 2.24) is 0 Å². The van der Waals surface area contributed by atoms with Crippen molar-refractivity contribution in [1.29, 1.82) is 0 Å². The monoisotopic (exact) mass is 230 g/mol. The number of aliphatic hydroxyl groups excluding tert-OH is 4. The fourth-order valence-electron chi connectivity index (χ4n) is 0.631. The Hall–Kier alpha value is -0.0500. The van der Waals surface area contributed by atoms with Gasteiger partial charge in [0.1, 0.15) is 18.3 Å². The smallest absolute Gasteiger partial charge is 0.110 e. The Balaban J connectivity index is 3.96. The van der Waals surface area contributed by atoms with Crippen molar-refractivity contribution in [3.63, 3.8) is 0 Å². The average Bonchev–Trinajstić information content (AvgIpc) is 2.10. The van der Waals surface area contributed by atoms with Crippen molar-refractivity contribution in [2.45, 2.75) is 18.3 Å². The molecule has 0 aliphatic rings. The van der Waals surface area contributed by atoms with Crippen molar-refractivity contribution in [2.75, 3.05) is 13.2 Å². The van der Waals surface area contributed by atoms with Crippen molar-refractivity contribution in [2.24, 2.45) is 0 Å². The van der Waals surface area contributed by atoms with E-state index < -0.39 is 39.3 Å². The molecule has 86 valence electrons. The highest BCUT2D eigenvalue weighted by Gasteiger charge is 2.24. The molecule has 14 heavy (non-hydrogen) atoms. The van der Waals surface area contributed by atoms with E-state index in [4.69, 9.17) is 20.4 Å². The Bertz CT molecular complexity index is 202. The average molecular weight is 230 g/mol. The molecular weight excluding hydrogens is 219 g/mol. The summed E-state index contributed by atoms with van der Waals surface area (Å²) in [6, 6.07) is 0. The van der Waals surface area contributed by atoms with Gasteiger partial charge in [-0.2, -0.15) is 0 Å². The summed E-state index contributed by atoms with van der Waals surface area (Å²) in [7, 11) is -5.21. The van der Waals surface area contributed by atoms with Gasteiger partial charge in [0, 0.05) is 0 Å². The summed E-state index contributed by atoms with van der Waals surface area (Å²) in [5.74, 6) is 0. The largest absolute Gasteiger partial charge is 0.790 e. The second-order valence-electron chi connectivity index (χ2n) is 2.55. The van der Waals surface area contributed by atoms with Crippen LogP contribution in [-0.4, -0.2) is 52.0 Å². The van der Waals surface area contributed by atoms with Gasteiger partial charge in [0.25, 0.3) is 0 Å². The van der Waals surface area contributed by atoms with Crippen LogP contribution in [0.25, 0.3) is 0 Å². The molecule has 9 heteroatoms. The van der Waals surface area contributed by atoms with Crippen molar-refractivity contribution >= 4 is 7.82 Å². The second kappa shape index (κ2) is 5.74. The van der Waals surface area contributed by atoms with Crippen LogP contribution < -0.4 is 9.79 Å². The van der Waals surface area contributed by atoms with Gasteiger partial charge in [0.2, 0.25) is 0 Å². The molecule has 0 radical (unpaired) electrons.